The number of benzene rings is 2. The van der Waals surface area contributed by atoms with Crippen LogP contribution >= 0.6 is 0 Å². The summed E-state index contributed by atoms with van der Waals surface area (Å²) in [6, 6.07) is 12.7. The molecule has 0 radical (unpaired) electrons. The Labute approximate surface area is 142 Å². The number of rotatable bonds is 4. The molecule has 2 aromatic carbocycles. The van der Waals surface area contributed by atoms with Crippen molar-refractivity contribution in [1.82, 2.24) is 0 Å². The predicted octanol–water partition coefficient (Wildman–Crippen LogP) is 3.85. The maximum atomic E-state index is 14.1. The number of halogens is 1. The summed E-state index contributed by atoms with van der Waals surface area (Å²) >= 11 is 0. The second kappa shape index (κ2) is 6.43. The van der Waals surface area contributed by atoms with Crippen molar-refractivity contribution in [2.45, 2.75) is 26.3 Å². The third-order valence-electron chi connectivity index (χ3n) is 4.24. The zero-order chi connectivity index (χ0) is 17.3. The van der Waals surface area contributed by atoms with Crippen molar-refractivity contribution < 1.29 is 12.8 Å². The molecule has 3 rings (SSSR count). The monoisotopic (exact) mass is 348 g/mol. The van der Waals surface area contributed by atoms with Crippen molar-refractivity contribution in [3.8, 4) is 0 Å². The summed E-state index contributed by atoms with van der Waals surface area (Å²) in [6.45, 7) is 4.38. The Hall–Kier alpha value is -2.08. The van der Waals surface area contributed by atoms with Crippen molar-refractivity contribution in [3.63, 3.8) is 0 Å². The molecule has 1 aliphatic heterocycles. The van der Waals surface area contributed by atoms with E-state index in [0.29, 0.717) is 18.7 Å². The number of hydrogen-bond donors (Lipinski definition) is 1. The Morgan fingerprint density at radius 3 is 2.67 bits per heavy atom. The van der Waals surface area contributed by atoms with Gasteiger partial charge in [0.1, 0.15) is 5.82 Å². The van der Waals surface area contributed by atoms with Gasteiger partial charge < -0.3 is 5.32 Å². The number of hydrogen-bond acceptors (Lipinski definition) is 3. The molecule has 0 saturated carbocycles. The summed E-state index contributed by atoms with van der Waals surface area (Å²) in [5.41, 5.74) is 3.11. The standard InChI is InChI=1S/C18H21FN2O2S/c1-13-5-3-6-15(11-13)14(2)20-16-7-8-17(19)18(12-16)21-9-4-10-24(21,22)23/h3,5-8,11-12,14,20H,4,9-10H2,1-2H3/t14-/m0/s1. The van der Waals surface area contributed by atoms with Crippen molar-refractivity contribution in [2.75, 3.05) is 21.9 Å². The lowest BCUT2D eigenvalue weighted by molar-refractivity contribution is 0.595. The van der Waals surface area contributed by atoms with Gasteiger partial charge in [-0.3, -0.25) is 4.31 Å². The highest BCUT2D eigenvalue weighted by Gasteiger charge is 2.30. The van der Waals surface area contributed by atoms with Crippen LogP contribution in [-0.2, 0) is 10.0 Å². The van der Waals surface area contributed by atoms with E-state index in [1.165, 1.54) is 15.9 Å². The average Bonchev–Trinajstić information content (AvgIpc) is 2.88. The Kier molecular flexibility index (Phi) is 4.49. The molecule has 1 atom stereocenters. The minimum Gasteiger partial charge on any atom is -0.378 e. The van der Waals surface area contributed by atoms with E-state index in [1.807, 2.05) is 32.0 Å². The third kappa shape index (κ3) is 3.38. The van der Waals surface area contributed by atoms with Crippen LogP contribution in [-0.4, -0.2) is 20.7 Å². The van der Waals surface area contributed by atoms with E-state index in [-0.39, 0.29) is 17.5 Å². The van der Waals surface area contributed by atoms with Crippen LogP contribution in [0.25, 0.3) is 0 Å². The second-order valence-corrected chi connectivity index (χ2v) is 8.20. The highest BCUT2D eigenvalue weighted by Crippen LogP contribution is 2.30. The molecule has 0 amide bonds. The minimum atomic E-state index is -3.40. The Bertz CT molecular complexity index is 852. The Balaban J connectivity index is 1.86. The molecule has 1 saturated heterocycles. The lowest BCUT2D eigenvalue weighted by Gasteiger charge is -2.21. The van der Waals surface area contributed by atoms with Crippen molar-refractivity contribution in [3.05, 3.63) is 59.4 Å². The van der Waals surface area contributed by atoms with Crippen LogP contribution < -0.4 is 9.62 Å². The molecule has 4 nitrogen and oxygen atoms in total. The molecule has 0 spiro atoms. The summed E-state index contributed by atoms with van der Waals surface area (Å²) in [6.07, 6.45) is 0.527. The minimum absolute atomic E-state index is 0.0263. The van der Waals surface area contributed by atoms with E-state index < -0.39 is 15.8 Å². The Morgan fingerprint density at radius 2 is 2.00 bits per heavy atom. The molecule has 1 fully saturated rings. The summed E-state index contributed by atoms with van der Waals surface area (Å²) < 4.78 is 39.4. The highest BCUT2D eigenvalue weighted by atomic mass is 32.2. The average molecular weight is 348 g/mol. The molecule has 0 aliphatic carbocycles. The van der Waals surface area contributed by atoms with Gasteiger partial charge in [-0.05, 0) is 44.0 Å². The first-order valence-corrected chi connectivity index (χ1v) is 9.61. The van der Waals surface area contributed by atoms with Crippen LogP contribution in [0.15, 0.2) is 42.5 Å². The van der Waals surface area contributed by atoms with Gasteiger partial charge in [0.2, 0.25) is 10.0 Å². The van der Waals surface area contributed by atoms with Gasteiger partial charge in [-0.25, -0.2) is 12.8 Å². The van der Waals surface area contributed by atoms with Crippen LogP contribution in [0.5, 0.6) is 0 Å². The van der Waals surface area contributed by atoms with Gasteiger partial charge in [-0.15, -0.1) is 0 Å². The number of sulfonamides is 1. The SMILES string of the molecule is Cc1cccc([C@H](C)Nc2ccc(F)c(N3CCCS3(=O)=O)c2)c1. The number of nitrogens with one attached hydrogen (secondary N) is 1. The largest absolute Gasteiger partial charge is 0.378 e. The third-order valence-corrected chi connectivity index (χ3v) is 6.09. The maximum Gasteiger partial charge on any atom is 0.235 e. The molecule has 24 heavy (non-hydrogen) atoms. The lowest BCUT2D eigenvalue weighted by Crippen LogP contribution is -2.26. The van der Waals surface area contributed by atoms with E-state index in [1.54, 1.807) is 12.1 Å². The fourth-order valence-electron chi connectivity index (χ4n) is 2.98. The van der Waals surface area contributed by atoms with Gasteiger partial charge in [0.15, 0.2) is 0 Å². The van der Waals surface area contributed by atoms with E-state index in [4.69, 9.17) is 0 Å². The first-order valence-electron chi connectivity index (χ1n) is 8.00. The predicted molar refractivity (Wildman–Crippen MR) is 95.4 cm³/mol. The zero-order valence-corrected chi connectivity index (χ0v) is 14.6. The van der Waals surface area contributed by atoms with Crippen molar-refractivity contribution in [1.29, 1.82) is 0 Å². The molecule has 128 valence electrons. The van der Waals surface area contributed by atoms with Gasteiger partial charge in [-0.1, -0.05) is 29.8 Å². The fraction of sp³-hybridized carbons (Fsp3) is 0.333. The second-order valence-electron chi connectivity index (χ2n) is 6.19. The Morgan fingerprint density at radius 1 is 1.21 bits per heavy atom. The summed E-state index contributed by atoms with van der Waals surface area (Å²) in [5.74, 6) is -0.446. The van der Waals surface area contributed by atoms with Crippen LogP contribution in [0.1, 0.15) is 30.5 Å². The van der Waals surface area contributed by atoms with Gasteiger partial charge in [0.25, 0.3) is 0 Å². The molecule has 0 aromatic heterocycles. The zero-order valence-electron chi connectivity index (χ0n) is 13.8. The molecule has 2 aromatic rings. The van der Waals surface area contributed by atoms with E-state index >= 15 is 0 Å². The molecular weight excluding hydrogens is 327 g/mol. The van der Waals surface area contributed by atoms with Crippen LogP contribution in [0.2, 0.25) is 0 Å². The first-order chi connectivity index (χ1) is 11.4. The molecular formula is C18H21FN2O2S. The topological polar surface area (TPSA) is 49.4 Å². The number of anilines is 2. The van der Waals surface area contributed by atoms with Crippen molar-refractivity contribution >= 4 is 21.4 Å². The van der Waals surface area contributed by atoms with Crippen molar-refractivity contribution in [2.24, 2.45) is 0 Å². The van der Waals surface area contributed by atoms with E-state index in [2.05, 4.69) is 11.4 Å². The highest BCUT2D eigenvalue weighted by molar-refractivity contribution is 7.93. The van der Waals surface area contributed by atoms with Crippen LogP contribution in [0, 0.1) is 12.7 Å². The molecule has 6 heteroatoms. The van der Waals surface area contributed by atoms with Gasteiger partial charge in [-0.2, -0.15) is 0 Å². The first kappa shape index (κ1) is 16.8. The van der Waals surface area contributed by atoms with Crippen LogP contribution in [0.3, 0.4) is 0 Å². The molecule has 1 N–H and O–H groups in total. The summed E-state index contributed by atoms with van der Waals surface area (Å²) in [5, 5.41) is 3.32. The summed E-state index contributed by atoms with van der Waals surface area (Å²) in [7, 11) is -3.40. The van der Waals surface area contributed by atoms with E-state index in [0.717, 1.165) is 5.56 Å². The lowest BCUT2D eigenvalue weighted by atomic mass is 10.1. The van der Waals surface area contributed by atoms with Gasteiger partial charge in [0.05, 0.1) is 11.4 Å². The fourth-order valence-corrected chi connectivity index (χ4v) is 4.54. The van der Waals surface area contributed by atoms with Crippen LogP contribution in [0.4, 0.5) is 15.8 Å². The van der Waals surface area contributed by atoms with Gasteiger partial charge >= 0.3 is 0 Å². The molecule has 1 heterocycles. The number of nitrogens with zero attached hydrogens (tertiary/aromatic N) is 1. The van der Waals surface area contributed by atoms with Gasteiger partial charge in [0, 0.05) is 18.3 Å². The molecule has 1 aliphatic rings. The smallest absolute Gasteiger partial charge is 0.235 e. The molecule has 0 unspecified atom stereocenters. The maximum absolute atomic E-state index is 14.1. The molecule has 0 bridgehead atoms. The number of aryl methyl sites for hydroxylation is 1. The summed E-state index contributed by atoms with van der Waals surface area (Å²) in [4.78, 5) is 0. The van der Waals surface area contributed by atoms with E-state index in [9.17, 15) is 12.8 Å². The normalized spacial score (nSPS) is 17.7. The quantitative estimate of drug-likeness (QED) is 0.913.